The third-order valence-corrected chi connectivity index (χ3v) is 5.86. The molecule has 5 aromatic rings. The quantitative estimate of drug-likeness (QED) is 0.250. The number of aromatic amines is 1. The van der Waals surface area contributed by atoms with Crippen LogP contribution in [0.2, 0.25) is 5.02 Å². The van der Waals surface area contributed by atoms with Gasteiger partial charge in [-0.15, -0.1) is 10.2 Å². The number of tetrazole rings is 1. The lowest BCUT2D eigenvalue weighted by Gasteiger charge is -2.11. The van der Waals surface area contributed by atoms with Gasteiger partial charge in [-0.3, -0.25) is 9.20 Å². The van der Waals surface area contributed by atoms with Crippen molar-refractivity contribution in [2.75, 3.05) is 18.5 Å². The molecule has 3 aromatic heterocycles. The molecule has 15 heteroatoms. The van der Waals surface area contributed by atoms with Crippen LogP contribution in [0.4, 0.5) is 20.3 Å². The summed E-state index contributed by atoms with van der Waals surface area (Å²) in [7, 11) is 0. The number of imidazole rings is 1. The molecule has 3 heterocycles. The second kappa shape index (κ2) is 11.1. The predicted octanol–water partition coefficient (Wildman–Crippen LogP) is 3.46. The van der Waals surface area contributed by atoms with Gasteiger partial charge in [-0.25, -0.2) is 14.4 Å². The Labute approximate surface area is 223 Å². The second-order valence-electron chi connectivity index (χ2n) is 7.95. The number of halogens is 3. The first-order valence-corrected chi connectivity index (χ1v) is 11.7. The van der Waals surface area contributed by atoms with Crippen LogP contribution in [0.3, 0.4) is 0 Å². The van der Waals surface area contributed by atoms with Crippen LogP contribution in [0, 0.1) is 23.0 Å². The Balaban J connectivity index is 1.34. The average Bonchev–Trinajstić information content (AvgIpc) is 3.60. The van der Waals surface area contributed by atoms with Crippen molar-refractivity contribution in [2.45, 2.75) is 6.42 Å². The molecule has 0 saturated carbocycles. The van der Waals surface area contributed by atoms with Gasteiger partial charge in [0.2, 0.25) is 5.82 Å². The van der Waals surface area contributed by atoms with Crippen LogP contribution < -0.4 is 15.4 Å². The van der Waals surface area contributed by atoms with Crippen molar-refractivity contribution in [2.24, 2.45) is 0 Å². The number of nitrogens with zero attached hydrogens (tertiary/aromatic N) is 7. The highest BCUT2D eigenvalue weighted by molar-refractivity contribution is 6.34. The van der Waals surface area contributed by atoms with Crippen molar-refractivity contribution in [3.8, 4) is 23.1 Å². The molecule has 3 N–H and O–H groups in total. The molecule has 0 fully saturated rings. The molecule has 0 radical (unpaired) electrons. The molecule has 5 rings (SSSR count). The van der Waals surface area contributed by atoms with E-state index in [1.807, 2.05) is 0 Å². The van der Waals surface area contributed by atoms with Crippen LogP contribution in [0.1, 0.15) is 16.2 Å². The fourth-order valence-corrected chi connectivity index (χ4v) is 4.01. The van der Waals surface area contributed by atoms with Crippen LogP contribution >= 0.6 is 11.6 Å². The largest absolute Gasteiger partial charge is 0.476 e. The molecule has 0 aliphatic rings. The minimum atomic E-state index is -1.21. The highest BCUT2D eigenvalue weighted by Gasteiger charge is 2.20. The average molecular weight is 551 g/mol. The van der Waals surface area contributed by atoms with Crippen molar-refractivity contribution < 1.29 is 18.3 Å². The Morgan fingerprint density at radius 3 is 2.85 bits per heavy atom. The van der Waals surface area contributed by atoms with Gasteiger partial charge in [0, 0.05) is 36.6 Å². The molecule has 1 amide bonds. The lowest BCUT2D eigenvalue weighted by atomic mass is 10.1. The first kappa shape index (κ1) is 25.5. The van der Waals surface area contributed by atoms with E-state index < -0.39 is 18.2 Å². The Morgan fingerprint density at radius 1 is 1.21 bits per heavy atom. The smallest absolute Gasteiger partial charge is 0.252 e. The molecule has 0 spiro atoms. The number of anilines is 2. The number of carbonyl (C=O) groups is 1. The molecule has 0 unspecified atom stereocenters. The van der Waals surface area contributed by atoms with E-state index in [2.05, 4.69) is 41.2 Å². The molecule has 0 saturated heterocycles. The van der Waals surface area contributed by atoms with E-state index in [9.17, 15) is 13.6 Å². The fourth-order valence-electron chi connectivity index (χ4n) is 3.74. The minimum absolute atomic E-state index is 0.0563. The van der Waals surface area contributed by atoms with Crippen LogP contribution in [0.5, 0.6) is 5.75 Å². The van der Waals surface area contributed by atoms with E-state index in [1.165, 1.54) is 28.9 Å². The minimum Gasteiger partial charge on any atom is -0.476 e. The molecule has 196 valence electrons. The number of fused-ring (bicyclic) bond motifs is 1. The van der Waals surface area contributed by atoms with E-state index in [0.29, 0.717) is 35.9 Å². The monoisotopic (exact) mass is 550 g/mol. The third kappa shape index (κ3) is 5.29. The summed E-state index contributed by atoms with van der Waals surface area (Å²) in [4.78, 5) is 21.1. The van der Waals surface area contributed by atoms with Crippen molar-refractivity contribution in [1.82, 2.24) is 40.3 Å². The number of nitrogens with one attached hydrogen (secondary N) is 3. The molecule has 0 aliphatic carbocycles. The van der Waals surface area contributed by atoms with Crippen LogP contribution in [0.15, 0.2) is 48.9 Å². The number of aromatic nitrogens is 7. The van der Waals surface area contributed by atoms with Gasteiger partial charge in [0.15, 0.2) is 35.5 Å². The summed E-state index contributed by atoms with van der Waals surface area (Å²) in [6, 6.07) is 9.05. The zero-order valence-corrected chi connectivity index (χ0v) is 20.6. The van der Waals surface area contributed by atoms with Crippen molar-refractivity contribution >= 4 is 34.7 Å². The van der Waals surface area contributed by atoms with Gasteiger partial charge in [-0.2, -0.15) is 14.9 Å². The number of rotatable bonds is 9. The summed E-state index contributed by atoms with van der Waals surface area (Å²) >= 11 is 6.36. The van der Waals surface area contributed by atoms with Gasteiger partial charge in [-0.05, 0) is 30.3 Å². The van der Waals surface area contributed by atoms with E-state index in [0.717, 1.165) is 0 Å². The van der Waals surface area contributed by atoms with Gasteiger partial charge in [0.1, 0.15) is 6.07 Å². The Morgan fingerprint density at radius 2 is 2.08 bits per heavy atom. The molecule has 0 atom stereocenters. The lowest BCUT2D eigenvalue weighted by molar-refractivity contribution is 0.0954. The third-order valence-electron chi connectivity index (χ3n) is 5.54. The Kier molecular flexibility index (Phi) is 7.23. The van der Waals surface area contributed by atoms with Gasteiger partial charge < -0.3 is 15.4 Å². The summed E-state index contributed by atoms with van der Waals surface area (Å²) in [5, 5.41) is 28.1. The van der Waals surface area contributed by atoms with Gasteiger partial charge in [0.05, 0.1) is 22.5 Å². The Hall–Kier alpha value is -5.16. The van der Waals surface area contributed by atoms with Crippen LogP contribution in [-0.2, 0) is 6.42 Å². The topological polar surface area (TPSA) is 159 Å². The number of ether oxygens (including phenoxy) is 1. The van der Waals surface area contributed by atoms with Gasteiger partial charge in [0.25, 0.3) is 5.91 Å². The summed E-state index contributed by atoms with van der Waals surface area (Å²) in [5.74, 6) is -2.30. The maximum absolute atomic E-state index is 14.9. The van der Waals surface area contributed by atoms with E-state index in [-0.39, 0.29) is 33.5 Å². The summed E-state index contributed by atoms with van der Waals surface area (Å²) in [5.41, 5.74) is 1.33. The number of amides is 1. The fraction of sp³-hybridized carbons (Fsp3) is 0.125. The molecule has 12 nitrogen and oxygen atoms in total. The van der Waals surface area contributed by atoms with E-state index in [1.54, 1.807) is 30.5 Å². The highest BCUT2D eigenvalue weighted by Crippen LogP contribution is 2.32. The number of carbonyl (C=O) groups excluding carboxylic acids is 1. The van der Waals surface area contributed by atoms with Gasteiger partial charge >= 0.3 is 0 Å². The van der Waals surface area contributed by atoms with Crippen LogP contribution in [-0.4, -0.2) is 54.1 Å². The Bertz CT molecular complexity index is 1700. The van der Waals surface area contributed by atoms with Crippen LogP contribution in [0.25, 0.3) is 16.9 Å². The molecule has 2 aromatic carbocycles. The first-order chi connectivity index (χ1) is 19.0. The molecule has 0 bridgehead atoms. The summed E-state index contributed by atoms with van der Waals surface area (Å²) in [6.45, 7) is -0.119. The first-order valence-electron chi connectivity index (χ1n) is 11.3. The van der Waals surface area contributed by atoms with Gasteiger partial charge in [-0.1, -0.05) is 16.8 Å². The highest BCUT2D eigenvalue weighted by atomic mass is 35.5. The maximum Gasteiger partial charge on any atom is 0.252 e. The van der Waals surface area contributed by atoms with E-state index in [4.69, 9.17) is 21.6 Å². The number of benzene rings is 2. The number of nitriles is 1. The molecular formula is C24H17ClF2N10O2. The number of hydrogen-bond donors (Lipinski definition) is 3. The van der Waals surface area contributed by atoms with Crippen molar-refractivity contribution in [1.29, 1.82) is 5.26 Å². The zero-order valence-electron chi connectivity index (χ0n) is 19.8. The zero-order chi connectivity index (χ0) is 27.4. The van der Waals surface area contributed by atoms with Crippen molar-refractivity contribution in [3.63, 3.8) is 0 Å². The normalized spacial score (nSPS) is 10.8. The molecule has 0 aliphatic heterocycles. The lowest BCUT2D eigenvalue weighted by Crippen LogP contribution is -2.26. The summed E-state index contributed by atoms with van der Waals surface area (Å²) < 4.78 is 35.8. The molecular weight excluding hydrogens is 534 g/mol. The molecule has 39 heavy (non-hydrogen) atoms. The number of H-pyrrole nitrogens is 1. The SMILES string of the molecule is N#CCOc1ccc(-c2cnc3c(Nc4ccc(C(=O)NCCc5nn[nH]n5)c(Cl)c4)nccn23)c(F)c1F. The summed E-state index contributed by atoms with van der Waals surface area (Å²) in [6.07, 6.45) is 4.80. The second-order valence-corrected chi connectivity index (χ2v) is 8.36. The maximum atomic E-state index is 14.9. The van der Waals surface area contributed by atoms with Crippen molar-refractivity contribution in [3.05, 3.63) is 77.0 Å². The number of hydrogen-bond acceptors (Lipinski definition) is 9. The standard InChI is InChI=1S/C24H17ClF2N10O2/c25-16-11-13(1-2-14(16)24(38)30-7-5-19-33-35-36-34-19)32-22-23-31-12-17(37(23)9-8-29-22)15-3-4-18(39-10-6-28)21(27)20(15)26/h1-4,8-9,11-12H,5,7,10H2,(H,29,32)(H,30,38)(H,33,34,35,36). The predicted molar refractivity (Wildman–Crippen MR) is 134 cm³/mol. The van der Waals surface area contributed by atoms with E-state index >= 15 is 0 Å².